The first-order valence-corrected chi connectivity index (χ1v) is 9.05. The molecule has 0 spiro atoms. The number of benzene rings is 1. The number of hydrogen-bond acceptors (Lipinski definition) is 7. The van der Waals surface area contributed by atoms with Crippen LogP contribution < -0.4 is 10.1 Å². The molecule has 9 heteroatoms. The first-order chi connectivity index (χ1) is 12.6. The van der Waals surface area contributed by atoms with Crippen LogP contribution in [0.1, 0.15) is 39.1 Å². The molecule has 1 aliphatic heterocycles. The van der Waals surface area contributed by atoms with E-state index in [0.717, 1.165) is 11.5 Å². The molecular weight excluding hydrogens is 358 g/mol. The van der Waals surface area contributed by atoms with Crippen molar-refractivity contribution in [1.29, 1.82) is 0 Å². The van der Waals surface area contributed by atoms with E-state index in [1.165, 1.54) is 12.1 Å². The molecule has 138 valence electrons. The lowest BCUT2D eigenvalue weighted by atomic mass is 10.1. The molecule has 0 aliphatic carbocycles. The second-order valence-corrected chi connectivity index (χ2v) is 6.59. The highest BCUT2D eigenvalue weighted by atomic mass is 32.1. The van der Waals surface area contributed by atoms with E-state index in [2.05, 4.69) is 14.9 Å². The standard InChI is InChI=1S/C17H19N3O5S/c1-2-12-15(26-20-19-12)16(21)18-13-9-24-8-7-14(13)25-11-5-3-10(4-6-11)17(22)23/h3-6,13-14H,2,7-9H2,1H3,(H,18,21)(H,22,23)/t13-,14-/m1/s1. The molecule has 1 amide bonds. The fourth-order valence-corrected chi connectivity index (χ4v) is 3.34. The van der Waals surface area contributed by atoms with Gasteiger partial charge in [0.05, 0.1) is 30.5 Å². The maximum Gasteiger partial charge on any atom is 0.335 e. The molecule has 8 nitrogen and oxygen atoms in total. The number of ether oxygens (including phenoxy) is 2. The van der Waals surface area contributed by atoms with Crippen LogP contribution in [0.5, 0.6) is 5.75 Å². The predicted octanol–water partition coefficient (Wildman–Crippen LogP) is 1.76. The topological polar surface area (TPSA) is 111 Å². The smallest absolute Gasteiger partial charge is 0.335 e. The number of aryl methyl sites for hydroxylation is 1. The van der Waals surface area contributed by atoms with Crippen molar-refractivity contribution in [1.82, 2.24) is 14.9 Å². The molecule has 3 rings (SSSR count). The van der Waals surface area contributed by atoms with Gasteiger partial charge in [-0.3, -0.25) is 4.79 Å². The molecule has 1 aromatic carbocycles. The number of nitrogens with zero attached hydrogens (tertiary/aromatic N) is 2. The predicted molar refractivity (Wildman–Crippen MR) is 93.8 cm³/mol. The highest BCUT2D eigenvalue weighted by molar-refractivity contribution is 7.08. The van der Waals surface area contributed by atoms with Crippen LogP contribution in [0.2, 0.25) is 0 Å². The largest absolute Gasteiger partial charge is 0.488 e. The minimum atomic E-state index is -0.988. The number of carbonyl (C=O) groups is 2. The van der Waals surface area contributed by atoms with Crippen molar-refractivity contribution in [3.63, 3.8) is 0 Å². The monoisotopic (exact) mass is 377 g/mol. The average Bonchev–Trinajstić information content (AvgIpc) is 3.12. The summed E-state index contributed by atoms with van der Waals surface area (Å²) in [5, 5.41) is 15.9. The van der Waals surface area contributed by atoms with Crippen LogP contribution in [0.3, 0.4) is 0 Å². The second kappa shape index (κ2) is 8.24. The Morgan fingerprint density at radius 1 is 1.38 bits per heavy atom. The first kappa shape index (κ1) is 18.3. The van der Waals surface area contributed by atoms with E-state index in [0.29, 0.717) is 42.4 Å². The highest BCUT2D eigenvalue weighted by Gasteiger charge is 2.30. The van der Waals surface area contributed by atoms with Crippen molar-refractivity contribution >= 4 is 23.4 Å². The van der Waals surface area contributed by atoms with Crippen LogP contribution in [-0.2, 0) is 11.2 Å². The summed E-state index contributed by atoms with van der Waals surface area (Å²) in [7, 11) is 0. The van der Waals surface area contributed by atoms with Gasteiger partial charge in [0, 0.05) is 6.42 Å². The number of aromatic nitrogens is 2. The van der Waals surface area contributed by atoms with Crippen LogP contribution >= 0.6 is 11.5 Å². The minimum absolute atomic E-state index is 0.193. The Morgan fingerprint density at radius 3 is 2.85 bits per heavy atom. The molecule has 26 heavy (non-hydrogen) atoms. The molecule has 2 N–H and O–H groups in total. The number of carbonyl (C=O) groups excluding carboxylic acids is 1. The summed E-state index contributed by atoms with van der Waals surface area (Å²) in [6.07, 6.45) is 0.984. The maximum absolute atomic E-state index is 12.5. The van der Waals surface area contributed by atoms with Gasteiger partial charge in [-0.2, -0.15) is 0 Å². The fourth-order valence-electron chi connectivity index (χ4n) is 2.69. The lowest BCUT2D eigenvalue weighted by Gasteiger charge is -2.32. The molecular formula is C17H19N3O5S. The zero-order chi connectivity index (χ0) is 18.5. The first-order valence-electron chi connectivity index (χ1n) is 8.28. The Balaban J connectivity index is 1.67. The van der Waals surface area contributed by atoms with E-state index in [1.54, 1.807) is 12.1 Å². The number of hydrogen-bond donors (Lipinski definition) is 2. The summed E-state index contributed by atoms with van der Waals surface area (Å²) in [5.74, 6) is -0.672. The van der Waals surface area contributed by atoms with Gasteiger partial charge >= 0.3 is 5.97 Å². The van der Waals surface area contributed by atoms with Gasteiger partial charge in [-0.1, -0.05) is 11.4 Å². The van der Waals surface area contributed by atoms with Gasteiger partial charge < -0.3 is 19.9 Å². The quantitative estimate of drug-likeness (QED) is 0.789. The molecule has 2 atom stereocenters. The zero-order valence-corrected chi connectivity index (χ0v) is 15.0. The molecule has 1 aliphatic rings. The number of amides is 1. The third-order valence-corrected chi connectivity index (χ3v) is 4.86. The lowest BCUT2D eigenvalue weighted by molar-refractivity contribution is -0.00284. The molecule has 1 saturated heterocycles. The summed E-state index contributed by atoms with van der Waals surface area (Å²) in [5.41, 5.74) is 0.866. The van der Waals surface area contributed by atoms with Gasteiger partial charge in [-0.05, 0) is 42.2 Å². The van der Waals surface area contributed by atoms with Crippen molar-refractivity contribution in [3.05, 3.63) is 40.4 Å². The van der Waals surface area contributed by atoms with Crippen LogP contribution in [0.25, 0.3) is 0 Å². The van der Waals surface area contributed by atoms with E-state index in [9.17, 15) is 9.59 Å². The van der Waals surface area contributed by atoms with Crippen molar-refractivity contribution in [2.75, 3.05) is 13.2 Å². The molecule has 1 aromatic heterocycles. The summed E-state index contributed by atoms with van der Waals surface area (Å²) in [6, 6.07) is 5.88. The van der Waals surface area contributed by atoms with Crippen LogP contribution in [-0.4, -0.2) is 51.9 Å². The number of carboxylic acid groups (broad SMARTS) is 1. The van der Waals surface area contributed by atoms with Crippen LogP contribution in [0, 0.1) is 0 Å². The van der Waals surface area contributed by atoms with E-state index >= 15 is 0 Å². The van der Waals surface area contributed by atoms with Crippen LogP contribution in [0.4, 0.5) is 0 Å². The second-order valence-electron chi connectivity index (χ2n) is 5.83. The summed E-state index contributed by atoms with van der Waals surface area (Å²) in [6.45, 7) is 2.80. The molecule has 2 heterocycles. The third-order valence-electron chi connectivity index (χ3n) is 4.09. The molecule has 1 fully saturated rings. The minimum Gasteiger partial charge on any atom is -0.488 e. The SMILES string of the molecule is CCc1nnsc1C(=O)N[C@@H]1COCC[C@H]1Oc1ccc(C(=O)O)cc1. The molecule has 0 unspecified atom stereocenters. The Kier molecular flexibility index (Phi) is 5.79. The Hall–Kier alpha value is -2.52. The van der Waals surface area contributed by atoms with Gasteiger partial charge in [0.1, 0.15) is 16.7 Å². The summed E-state index contributed by atoms with van der Waals surface area (Å²) < 4.78 is 15.3. The number of aromatic carboxylic acids is 1. The van der Waals surface area contributed by atoms with Gasteiger partial charge in [0.2, 0.25) is 0 Å². The van der Waals surface area contributed by atoms with Crippen molar-refractivity contribution in [3.8, 4) is 5.75 Å². The van der Waals surface area contributed by atoms with Crippen molar-refractivity contribution in [2.45, 2.75) is 31.9 Å². The third kappa shape index (κ3) is 4.17. The van der Waals surface area contributed by atoms with Crippen LogP contribution in [0.15, 0.2) is 24.3 Å². The fraction of sp³-hybridized carbons (Fsp3) is 0.412. The maximum atomic E-state index is 12.5. The van der Waals surface area contributed by atoms with Gasteiger partial charge in [0.15, 0.2) is 0 Å². The Morgan fingerprint density at radius 2 is 2.15 bits per heavy atom. The summed E-state index contributed by atoms with van der Waals surface area (Å²) >= 11 is 1.07. The van der Waals surface area contributed by atoms with E-state index < -0.39 is 5.97 Å². The average molecular weight is 377 g/mol. The van der Waals surface area contributed by atoms with E-state index in [4.69, 9.17) is 14.6 Å². The Bertz CT molecular complexity index is 777. The van der Waals surface area contributed by atoms with Gasteiger partial charge in [-0.25, -0.2) is 4.79 Å². The van der Waals surface area contributed by atoms with E-state index in [1.807, 2.05) is 6.92 Å². The van der Waals surface area contributed by atoms with Gasteiger partial charge in [0.25, 0.3) is 5.91 Å². The molecule has 0 radical (unpaired) electrons. The normalized spacial score (nSPS) is 19.7. The number of nitrogens with one attached hydrogen (secondary N) is 1. The molecule has 2 aromatic rings. The summed E-state index contributed by atoms with van der Waals surface area (Å²) in [4.78, 5) is 23.9. The molecule has 0 bridgehead atoms. The van der Waals surface area contributed by atoms with Gasteiger partial charge in [-0.15, -0.1) is 5.10 Å². The van der Waals surface area contributed by atoms with Crippen molar-refractivity contribution < 1.29 is 24.2 Å². The van der Waals surface area contributed by atoms with E-state index in [-0.39, 0.29) is 23.6 Å². The number of rotatable bonds is 6. The Labute approximate surface area is 154 Å². The molecule has 0 saturated carbocycles. The zero-order valence-electron chi connectivity index (χ0n) is 14.2. The lowest BCUT2D eigenvalue weighted by Crippen LogP contribution is -2.51. The van der Waals surface area contributed by atoms with Crippen molar-refractivity contribution in [2.24, 2.45) is 0 Å². The number of carboxylic acids is 1. The highest BCUT2D eigenvalue weighted by Crippen LogP contribution is 2.20.